The van der Waals surface area contributed by atoms with Crippen molar-refractivity contribution in [1.82, 2.24) is 4.57 Å². The molecule has 0 unspecified atom stereocenters. The zero-order valence-corrected chi connectivity index (χ0v) is 15.9. The van der Waals surface area contributed by atoms with Gasteiger partial charge in [0.05, 0.1) is 5.52 Å². The molecule has 1 aromatic heterocycles. The number of nitrogens with zero attached hydrogens (tertiary/aromatic N) is 1. The number of amides is 1. The number of pyridine rings is 1. The number of benzene rings is 2. The van der Waals surface area contributed by atoms with Gasteiger partial charge in [-0.1, -0.05) is 29.3 Å². The second-order valence-corrected chi connectivity index (χ2v) is 7.10. The molecule has 1 N–H and O–H groups in total. The summed E-state index contributed by atoms with van der Waals surface area (Å²) < 4.78 is 1.57. The van der Waals surface area contributed by atoms with Crippen LogP contribution < -0.4 is 10.9 Å². The molecule has 0 spiro atoms. The Hall–Kier alpha value is -2.88. The van der Waals surface area contributed by atoms with Crippen LogP contribution in [0.4, 0.5) is 5.69 Å². The normalized spacial score (nSPS) is 11.0. The van der Waals surface area contributed by atoms with Gasteiger partial charge < -0.3 is 5.32 Å². The van der Waals surface area contributed by atoms with Gasteiger partial charge in [0.25, 0.3) is 5.56 Å². The van der Waals surface area contributed by atoms with Gasteiger partial charge in [-0.15, -0.1) is 0 Å². The van der Waals surface area contributed by atoms with Crippen molar-refractivity contribution in [3.05, 3.63) is 74.6 Å². The van der Waals surface area contributed by atoms with Crippen molar-refractivity contribution in [2.45, 2.75) is 41.2 Å². The summed E-state index contributed by atoms with van der Waals surface area (Å²) >= 11 is 0. The quantitative estimate of drug-likeness (QED) is 0.772. The number of aryl methyl sites for hydroxylation is 5. The minimum absolute atomic E-state index is 0.00711. The number of anilines is 1. The number of carbonyl (C=O) groups is 1. The fraction of sp³-hybridized carbons (Fsp3) is 0.273. The second kappa shape index (κ2) is 6.79. The third kappa shape index (κ3) is 3.40. The van der Waals surface area contributed by atoms with Crippen molar-refractivity contribution < 1.29 is 4.79 Å². The van der Waals surface area contributed by atoms with E-state index in [1.165, 1.54) is 0 Å². The summed E-state index contributed by atoms with van der Waals surface area (Å²) in [6.45, 7) is 9.92. The maximum atomic E-state index is 12.6. The minimum atomic E-state index is -0.204. The maximum absolute atomic E-state index is 12.6. The maximum Gasteiger partial charge on any atom is 0.251 e. The number of hydrogen-bond donors (Lipinski definition) is 1. The summed E-state index contributed by atoms with van der Waals surface area (Å²) in [7, 11) is 0. The van der Waals surface area contributed by atoms with E-state index in [2.05, 4.69) is 11.4 Å². The highest BCUT2D eigenvalue weighted by molar-refractivity contribution is 5.93. The van der Waals surface area contributed by atoms with E-state index in [1.807, 2.05) is 58.9 Å². The van der Waals surface area contributed by atoms with Crippen LogP contribution >= 0.6 is 0 Å². The molecule has 3 aromatic rings. The highest BCUT2D eigenvalue weighted by Crippen LogP contribution is 2.22. The molecule has 0 aliphatic rings. The van der Waals surface area contributed by atoms with Crippen molar-refractivity contribution in [3.63, 3.8) is 0 Å². The summed E-state index contributed by atoms with van der Waals surface area (Å²) in [5.41, 5.74) is 6.68. The molecular weight excluding hydrogens is 324 g/mol. The highest BCUT2D eigenvalue weighted by Gasteiger charge is 2.13. The van der Waals surface area contributed by atoms with Crippen LogP contribution in [-0.2, 0) is 11.3 Å². The first-order valence-electron chi connectivity index (χ1n) is 8.75. The van der Waals surface area contributed by atoms with Crippen molar-refractivity contribution in [2.75, 3.05) is 5.32 Å². The van der Waals surface area contributed by atoms with Crippen LogP contribution in [0.15, 0.2) is 41.2 Å². The number of rotatable bonds is 3. The number of carbonyl (C=O) groups excluding carboxylic acids is 1. The van der Waals surface area contributed by atoms with Gasteiger partial charge in [0, 0.05) is 17.1 Å². The molecular formula is C22H24N2O2. The minimum Gasteiger partial charge on any atom is -0.324 e. The zero-order valence-electron chi connectivity index (χ0n) is 15.9. The lowest BCUT2D eigenvalue weighted by molar-refractivity contribution is -0.116. The Balaban J connectivity index is 2.00. The molecule has 26 heavy (non-hydrogen) atoms. The molecule has 0 aliphatic heterocycles. The predicted molar refractivity (Wildman–Crippen MR) is 107 cm³/mol. The molecule has 0 saturated carbocycles. The van der Waals surface area contributed by atoms with Crippen LogP contribution in [0.25, 0.3) is 10.9 Å². The topological polar surface area (TPSA) is 51.1 Å². The summed E-state index contributed by atoms with van der Waals surface area (Å²) in [6, 6.07) is 11.6. The lowest BCUT2D eigenvalue weighted by atomic mass is 10.0. The molecule has 1 heterocycles. The van der Waals surface area contributed by atoms with Gasteiger partial charge in [-0.05, 0) is 63.4 Å². The Morgan fingerprint density at radius 1 is 0.885 bits per heavy atom. The molecule has 0 aliphatic carbocycles. The average molecular weight is 348 g/mol. The number of fused-ring (bicyclic) bond motifs is 1. The first-order valence-corrected chi connectivity index (χ1v) is 8.75. The average Bonchev–Trinajstić information content (AvgIpc) is 2.54. The van der Waals surface area contributed by atoms with Crippen LogP contribution in [0.3, 0.4) is 0 Å². The van der Waals surface area contributed by atoms with Crippen molar-refractivity contribution >= 4 is 22.5 Å². The van der Waals surface area contributed by atoms with Crippen LogP contribution in [0.2, 0.25) is 0 Å². The summed E-state index contributed by atoms with van der Waals surface area (Å²) in [4.78, 5) is 25.2. The largest absolute Gasteiger partial charge is 0.324 e. The van der Waals surface area contributed by atoms with E-state index in [9.17, 15) is 9.59 Å². The molecule has 0 atom stereocenters. The van der Waals surface area contributed by atoms with Gasteiger partial charge in [-0.2, -0.15) is 0 Å². The van der Waals surface area contributed by atoms with Crippen molar-refractivity contribution in [3.8, 4) is 0 Å². The summed E-state index contributed by atoms with van der Waals surface area (Å²) in [5, 5.41) is 3.94. The first-order chi connectivity index (χ1) is 12.3. The van der Waals surface area contributed by atoms with Crippen LogP contribution in [0, 0.1) is 34.6 Å². The summed E-state index contributed by atoms with van der Waals surface area (Å²) in [6.07, 6.45) is 0. The second-order valence-electron chi connectivity index (χ2n) is 7.10. The van der Waals surface area contributed by atoms with E-state index < -0.39 is 0 Å². The lowest BCUT2D eigenvalue weighted by Gasteiger charge is -2.15. The molecule has 4 heteroatoms. The van der Waals surface area contributed by atoms with Gasteiger partial charge in [-0.25, -0.2) is 0 Å². The first kappa shape index (κ1) is 17.9. The molecule has 2 aromatic carbocycles. The molecule has 0 radical (unpaired) electrons. The summed E-state index contributed by atoms with van der Waals surface area (Å²) in [5.74, 6) is -0.204. The number of hydrogen-bond acceptors (Lipinski definition) is 2. The van der Waals surface area contributed by atoms with Gasteiger partial charge >= 0.3 is 0 Å². The Morgan fingerprint density at radius 2 is 1.58 bits per heavy atom. The van der Waals surface area contributed by atoms with E-state index in [1.54, 1.807) is 10.6 Å². The standard InChI is InChI=1S/C22H24N2O2/c1-13-6-7-19(16(4)8-13)23-20(25)12-24-21(26)11-15(3)18-10-14(2)9-17(5)22(18)24/h6-11H,12H2,1-5H3,(H,23,25). The van der Waals surface area contributed by atoms with Gasteiger partial charge in [0.15, 0.2) is 0 Å². The van der Waals surface area contributed by atoms with Crippen molar-refractivity contribution in [1.29, 1.82) is 0 Å². The highest BCUT2D eigenvalue weighted by atomic mass is 16.2. The SMILES string of the molecule is Cc1ccc(NC(=O)Cn2c(=O)cc(C)c3cc(C)cc(C)c32)c(C)c1. The number of nitrogens with one attached hydrogen (secondary N) is 1. The van der Waals surface area contributed by atoms with Gasteiger partial charge in [-0.3, -0.25) is 14.2 Å². The molecule has 3 rings (SSSR count). The van der Waals surface area contributed by atoms with Gasteiger partial charge in [0.2, 0.25) is 5.91 Å². The van der Waals surface area contributed by atoms with Crippen LogP contribution in [0.1, 0.15) is 27.8 Å². The smallest absolute Gasteiger partial charge is 0.251 e. The van der Waals surface area contributed by atoms with Crippen molar-refractivity contribution in [2.24, 2.45) is 0 Å². The lowest BCUT2D eigenvalue weighted by Crippen LogP contribution is -2.28. The van der Waals surface area contributed by atoms with Crippen LogP contribution in [0.5, 0.6) is 0 Å². The Labute approximate surface area is 153 Å². The Kier molecular flexibility index (Phi) is 4.68. The molecule has 0 fully saturated rings. The Bertz CT molecular complexity index is 1080. The predicted octanol–water partition coefficient (Wildman–Crippen LogP) is 4.18. The molecule has 0 saturated heterocycles. The Morgan fingerprint density at radius 3 is 2.27 bits per heavy atom. The fourth-order valence-electron chi connectivity index (χ4n) is 3.51. The van der Waals surface area contributed by atoms with E-state index >= 15 is 0 Å². The molecule has 0 bridgehead atoms. The monoisotopic (exact) mass is 348 g/mol. The van der Waals surface area contributed by atoms with E-state index in [-0.39, 0.29) is 18.0 Å². The molecule has 134 valence electrons. The number of aromatic nitrogens is 1. The third-order valence-electron chi connectivity index (χ3n) is 4.70. The van der Waals surface area contributed by atoms with E-state index in [4.69, 9.17) is 0 Å². The zero-order chi connectivity index (χ0) is 19.0. The van der Waals surface area contributed by atoms with E-state index in [0.29, 0.717) is 0 Å². The third-order valence-corrected chi connectivity index (χ3v) is 4.70. The van der Waals surface area contributed by atoms with E-state index in [0.717, 1.165) is 44.4 Å². The van der Waals surface area contributed by atoms with Crippen LogP contribution in [-0.4, -0.2) is 10.5 Å². The van der Waals surface area contributed by atoms with Gasteiger partial charge in [0.1, 0.15) is 6.54 Å². The fourth-order valence-corrected chi connectivity index (χ4v) is 3.51. The molecule has 4 nitrogen and oxygen atoms in total. The molecule has 1 amide bonds.